The van der Waals surface area contributed by atoms with E-state index in [4.69, 9.17) is 5.11 Å². The number of aliphatic carboxylic acids is 1. The number of nitrogens with zero attached hydrogens (tertiary/aromatic N) is 2. The van der Waals surface area contributed by atoms with Crippen molar-refractivity contribution in [3.05, 3.63) is 0 Å². The van der Waals surface area contributed by atoms with E-state index >= 15 is 0 Å². The molecule has 0 bridgehead atoms. The average molecular weight is 271 g/mol. The molecule has 0 aromatic rings. The Bertz CT molecular complexity index is 359. The summed E-state index contributed by atoms with van der Waals surface area (Å²) in [6.45, 7) is 2.98. The zero-order valence-electron chi connectivity index (χ0n) is 11.4. The van der Waals surface area contributed by atoms with Gasteiger partial charge >= 0.3 is 12.0 Å². The highest BCUT2D eigenvalue weighted by Crippen LogP contribution is 2.17. The second-order valence-electron chi connectivity index (χ2n) is 4.59. The molecule has 0 saturated carbocycles. The first-order valence-electron chi connectivity index (χ1n) is 6.46. The molecule has 0 aromatic carbocycles. The van der Waals surface area contributed by atoms with Gasteiger partial charge in [0.15, 0.2) is 0 Å². The molecule has 0 aliphatic carbocycles. The molecule has 1 saturated heterocycles. The first-order valence-corrected chi connectivity index (χ1v) is 6.46. The van der Waals surface area contributed by atoms with Crippen LogP contribution < -0.4 is 5.32 Å². The van der Waals surface area contributed by atoms with Crippen LogP contribution in [-0.4, -0.2) is 66.0 Å². The molecule has 108 valence electrons. The van der Waals surface area contributed by atoms with Crippen molar-refractivity contribution in [2.24, 2.45) is 5.92 Å². The highest BCUT2D eigenvalue weighted by molar-refractivity contribution is 5.84. The Hall–Kier alpha value is -1.79. The number of nitrogens with one attached hydrogen (secondary N) is 1. The molecule has 7 heteroatoms. The van der Waals surface area contributed by atoms with Crippen LogP contribution >= 0.6 is 0 Å². The number of hydrogen-bond donors (Lipinski definition) is 2. The average Bonchev–Trinajstić information content (AvgIpc) is 2.43. The van der Waals surface area contributed by atoms with E-state index in [2.05, 4.69) is 5.32 Å². The molecule has 7 nitrogen and oxygen atoms in total. The molecule has 1 rings (SSSR count). The maximum absolute atomic E-state index is 12.2. The lowest BCUT2D eigenvalue weighted by Crippen LogP contribution is -2.50. The monoisotopic (exact) mass is 271 g/mol. The fraction of sp³-hybridized carbons (Fsp3) is 0.750. The van der Waals surface area contributed by atoms with Gasteiger partial charge in [0, 0.05) is 26.7 Å². The van der Waals surface area contributed by atoms with E-state index < -0.39 is 11.9 Å². The van der Waals surface area contributed by atoms with Crippen LogP contribution in [-0.2, 0) is 9.59 Å². The van der Waals surface area contributed by atoms with Crippen LogP contribution in [0.2, 0.25) is 0 Å². The summed E-state index contributed by atoms with van der Waals surface area (Å²) in [5.41, 5.74) is 0. The Balaban J connectivity index is 2.63. The lowest BCUT2D eigenvalue weighted by atomic mass is 9.99. The number of carboxylic acid groups (broad SMARTS) is 1. The van der Waals surface area contributed by atoms with Gasteiger partial charge in [0.1, 0.15) is 6.54 Å². The lowest BCUT2D eigenvalue weighted by Gasteiger charge is -2.34. The summed E-state index contributed by atoms with van der Waals surface area (Å²) >= 11 is 0. The number of urea groups is 1. The van der Waals surface area contributed by atoms with Crippen LogP contribution in [0.3, 0.4) is 0 Å². The second kappa shape index (κ2) is 6.96. The summed E-state index contributed by atoms with van der Waals surface area (Å²) in [4.78, 5) is 37.5. The predicted octanol–water partition coefficient (Wildman–Crippen LogP) is -0.0291. The maximum atomic E-state index is 12.2. The van der Waals surface area contributed by atoms with Crippen molar-refractivity contribution in [3.8, 4) is 0 Å². The molecule has 0 aromatic heterocycles. The highest BCUT2D eigenvalue weighted by atomic mass is 16.4. The van der Waals surface area contributed by atoms with Crippen molar-refractivity contribution in [1.29, 1.82) is 0 Å². The molecule has 19 heavy (non-hydrogen) atoms. The van der Waals surface area contributed by atoms with Crippen molar-refractivity contribution in [1.82, 2.24) is 15.1 Å². The van der Waals surface area contributed by atoms with E-state index in [1.807, 2.05) is 0 Å². The van der Waals surface area contributed by atoms with Crippen LogP contribution in [0.5, 0.6) is 0 Å². The van der Waals surface area contributed by atoms with Crippen LogP contribution in [0.4, 0.5) is 4.79 Å². The molecule has 1 aliphatic rings. The van der Waals surface area contributed by atoms with Gasteiger partial charge in [0.25, 0.3) is 0 Å². The molecule has 1 heterocycles. The highest BCUT2D eigenvalue weighted by Gasteiger charge is 2.30. The number of rotatable bonds is 4. The Morgan fingerprint density at radius 1 is 1.42 bits per heavy atom. The summed E-state index contributed by atoms with van der Waals surface area (Å²) in [5, 5.41) is 11.5. The van der Waals surface area contributed by atoms with Crippen molar-refractivity contribution < 1.29 is 19.5 Å². The van der Waals surface area contributed by atoms with Crippen molar-refractivity contribution in [3.63, 3.8) is 0 Å². The number of hydrogen-bond acceptors (Lipinski definition) is 3. The summed E-state index contributed by atoms with van der Waals surface area (Å²) in [6.07, 6.45) is 1.28. The Morgan fingerprint density at radius 3 is 2.63 bits per heavy atom. The topological polar surface area (TPSA) is 90.0 Å². The Kier molecular flexibility index (Phi) is 5.59. The minimum atomic E-state index is -0.869. The molecule has 0 radical (unpaired) electrons. The van der Waals surface area contributed by atoms with Crippen LogP contribution in [0, 0.1) is 5.92 Å². The number of carbonyl (C=O) groups excluding carboxylic acids is 2. The second-order valence-corrected chi connectivity index (χ2v) is 4.59. The molecular formula is C12H21N3O4. The third kappa shape index (κ3) is 4.11. The van der Waals surface area contributed by atoms with Crippen molar-refractivity contribution in [2.75, 3.05) is 33.2 Å². The molecule has 1 fully saturated rings. The van der Waals surface area contributed by atoms with Crippen molar-refractivity contribution >= 4 is 17.9 Å². The molecule has 1 aliphatic heterocycles. The fourth-order valence-corrected chi connectivity index (χ4v) is 2.12. The van der Waals surface area contributed by atoms with Crippen LogP contribution in [0.1, 0.15) is 19.8 Å². The van der Waals surface area contributed by atoms with E-state index in [1.54, 1.807) is 6.92 Å². The van der Waals surface area contributed by atoms with Crippen LogP contribution in [0.15, 0.2) is 0 Å². The zero-order valence-corrected chi connectivity index (χ0v) is 11.4. The molecular weight excluding hydrogens is 250 g/mol. The quantitative estimate of drug-likeness (QED) is 0.751. The lowest BCUT2D eigenvalue weighted by molar-refractivity contribution is -0.143. The van der Waals surface area contributed by atoms with E-state index in [-0.39, 0.29) is 25.0 Å². The number of likely N-dealkylation sites (N-methyl/N-ethyl adjacent to an activating group) is 2. The third-order valence-electron chi connectivity index (χ3n) is 3.31. The normalized spacial score (nSPS) is 18.8. The minimum absolute atomic E-state index is 0.0000709. The first kappa shape index (κ1) is 15.3. The maximum Gasteiger partial charge on any atom is 0.320 e. The molecule has 0 spiro atoms. The Labute approximate surface area is 112 Å². The summed E-state index contributed by atoms with van der Waals surface area (Å²) < 4.78 is 0. The SMILES string of the molecule is CCN(CC(=O)NC)C(=O)N1CCC[C@H](C(=O)O)C1. The smallest absolute Gasteiger partial charge is 0.320 e. The van der Waals surface area contributed by atoms with Crippen LogP contribution in [0.25, 0.3) is 0 Å². The van der Waals surface area contributed by atoms with Gasteiger partial charge in [0.05, 0.1) is 5.92 Å². The predicted molar refractivity (Wildman–Crippen MR) is 68.6 cm³/mol. The van der Waals surface area contributed by atoms with Gasteiger partial charge < -0.3 is 20.2 Å². The van der Waals surface area contributed by atoms with E-state index in [9.17, 15) is 14.4 Å². The van der Waals surface area contributed by atoms with E-state index in [0.717, 1.165) is 0 Å². The zero-order chi connectivity index (χ0) is 14.4. The number of carboxylic acids is 1. The Morgan fingerprint density at radius 2 is 2.11 bits per heavy atom. The van der Waals surface area contributed by atoms with Gasteiger partial charge in [-0.15, -0.1) is 0 Å². The number of amides is 3. The number of likely N-dealkylation sites (tertiary alicyclic amines) is 1. The number of piperidine rings is 1. The van der Waals surface area contributed by atoms with Gasteiger partial charge in [-0.1, -0.05) is 0 Å². The minimum Gasteiger partial charge on any atom is -0.481 e. The van der Waals surface area contributed by atoms with Gasteiger partial charge in [-0.2, -0.15) is 0 Å². The summed E-state index contributed by atoms with van der Waals surface area (Å²) in [5.74, 6) is -1.61. The number of carbonyl (C=O) groups is 3. The molecule has 0 unspecified atom stereocenters. The van der Waals surface area contributed by atoms with Gasteiger partial charge in [-0.25, -0.2) is 4.79 Å². The molecule has 3 amide bonds. The van der Waals surface area contributed by atoms with Gasteiger partial charge in [0.2, 0.25) is 5.91 Å². The summed E-state index contributed by atoms with van der Waals surface area (Å²) in [6, 6.07) is -0.267. The molecule has 1 atom stereocenters. The van der Waals surface area contributed by atoms with Gasteiger partial charge in [-0.3, -0.25) is 9.59 Å². The van der Waals surface area contributed by atoms with Gasteiger partial charge in [-0.05, 0) is 19.8 Å². The summed E-state index contributed by atoms with van der Waals surface area (Å²) in [7, 11) is 1.52. The standard InChI is InChI=1S/C12H21N3O4/c1-3-14(8-10(16)13-2)12(19)15-6-4-5-9(7-15)11(17)18/h9H,3-8H2,1-2H3,(H,13,16)(H,17,18)/t9-/m0/s1. The fourth-order valence-electron chi connectivity index (χ4n) is 2.12. The van der Waals surface area contributed by atoms with E-state index in [0.29, 0.717) is 25.9 Å². The third-order valence-corrected chi connectivity index (χ3v) is 3.31. The largest absolute Gasteiger partial charge is 0.481 e. The first-order chi connectivity index (χ1) is 8.99. The van der Waals surface area contributed by atoms with E-state index in [1.165, 1.54) is 16.8 Å². The van der Waals surface area contributed by atoms with Crippen molar-refractivity contribution in [2.45, 2.75) is 19.8 Å². The molecule has 2 N–H and O–H groups in total.